The van der Waals surface area contributed by atoms with E-state index in [1.54, 1.807) is 0 Å². The van der Waals surface area contributed by atoms with E-state index in [1.807, 2.05) is 6.07 Å². The van der Waals surface area contributed by atoms with Crippen molar-refractivity contribution in [1.29, 1.82) is 0 Å². The molecular formula is C32H33N. The largest absolute Gasteiger partial charge is 0.399 e. The van der Waals surface area contributed by atoms with E-state index in [0.29, 0.717) is 0 Å². The molecule has 3 aliphatic carbocycles. The van der Waals surface area contributed by atoms with Crippen molar-refractivity contribution in [1.82, 2.24) is 0 Å². The van der Waals surface area contributed by atoms with E-state index in [9.17, 15) is 0 Å². The number of rotatable bonds is 2. The summed E-state index contributed by atoms with van der Waals surface area (Å²) >= 11 is 0. The SMILES string of the molecule is CC1(Cc2ccc3c(c2)C(C)(C)c2cc(N)ccc2-3)C=C2C(=CC1)C(C)(C)c1ccccc12. The topological polar surface area (TPSA) is 26.0 Å². The second-order valence-corrected chi connectivity index (χ2v) is 11.7. The lowest BCUT2D eigenvalue weighted by atomic mass is 9.71. The zero-order valence-electron chi connectivity index (χ0n) is 20.4. The fourth-order valence-corrected chi connectivity index (χ4v) is 6.65. The number of anilines is 1. The first-order chi connectivity index (χ1) is 15.6. The predicted molar refractivity (Wildman–Crippen MR) is 140 cm³/mol. The van der Waals surface area contributed by atoms with E-state index < -0.39 is 0 Å². The molecule has 0 heterocycles. The Morgan fingerprint density at radius 3 is 2.21 bits per heavy atom. The summed E-state index contributed by atoms with van der Waals surface area (Å²) in [5.41, 5.74) is 19.9. The van der Waals surface area contributed by atoms with Crippen LogP contribution < -0.4 is 5.73 Å². The van der Waals surface area contributed by atoms with Crippen LogP contribution in [0.15, 0.2) is 78.4 Å². The molecule has 0 amide bonds. The minimum absolute atomic E-state index is 0.0243. The Labute approximate surface area is 198 Å². The molecule has 0 aromatic heterocycles. The van der Waals surface area contributed by atoms with Gasteiger partial charge in [-0.25, -0.2) is 0 Å². The van der Waals surface area contributed by atoms with Gasteiger partial charge in [-0.3, -0.25) is 0 Å². The standard InChI is InChI=1S/C32H33N/c1-30(2)26-9-7-6-8-22(26)25-19-32(5,15-14-27(25)30)18-20-10-12-23-24-13-11-21(33)17-29(24)31(3,4)28(23)16-20/h6-14,16-17,19H,15,18,33H2,1-5H3. The highest BCUT2D eigenvalue weighted by Gasteiger charge is 2.42. The van der Waals surface area contributed by atoms with Gasteiger partial charge in [-0.15, -0.1) is 0 Å². The Morgan fingerprint density at radius 2 is 1.42 bits per heavy atom. The molecule has 6 rings (SSSR count). The van der Waals surface area contributed by atoms with Gasteiger partial charge in [0.15, 0.2) is 0 Å². The Bertz CT molecular complexity index is 1380. The molecule has 0 radical (unpaired) electrons. The number of benzene rings is 3. The molecule has 0 fully saturated rings. The van der Waals surface area contributed by atoms with Gasteiger partial charge in [0.2, 0.25) is 0 Å². The third kappa shape index (κ3) is 2.84. The van der Waals surface area contributed by atoms with E-state index in [0.717, 1.165) is 18.5 Å². The molecule has 0 saturated heterocycles. The third-order valence-corrected chi connectivity index (χ3v) is 8.49. The second kappa shape index (κ2) is 6.50. The Balaban J connectivity index is 1.38. The van der Waals surface area contributed by atoms with Crippen molar-refractivity contribution in [2.75, 3.05) is 5.73 Å². The first-order valence-corrected chi connectivity index (χ1v) is 12.2. The second-order valence-electron chi connectivity index (χ2n) is 11.7. The van der Waals surface area contributed by atoms with Crippen LogP contribution in [0.5, 0.6) is 0 Å². The number of fused-ring (bicyclic) bond motifs is 6. The van der Waals surface area contributed by atoms with Crippen LogP contribution in [0.25, 0.3) is 16.7 Å². The van der Waals surface area contributed by atoms with Gasteiger partial charge in [-0.2, -0.15) is 0 Å². The molecule has 1 nitrogen and oxygen atoms in total. The van der Waals surface area contributed by atoms with Gasteiger partial charge in [-0.05, 0) is 80.5 Å². The zero-order chi connectivity index (χ0) is 23.2. The highest BCUT2D eigenvalue weighted by Crippen LogP contribution is 2.54. The minimum atomic E-state index is -0.0243. The zero-order valence-corrected chi connectivity index (χ0v) is 20.4. The smallest absolute Gasteiger partial charge is 0.0317 e. The van der Waals surface area contributed by atoms with E-state index in [-0.39, 0.29) is 16.2 Å². The summed E-state index contributed by atoms with van der Waals surface area (Å²) in [7, 11) is 0. The monoisotopic (exact) mass is 431 g/mol. The van der Waals surface area contributed by atoms with E-state index >= 15 is 0 Å². The van der Waals surface area contributed by atoms with E-state index in [1.165, 1.54) is 50.1 Å². The lowest BCUT2D eigenvalue weighted by molar-refractivity contribution is 0.424. The summed E-state index contributed by atoms with van der Waals surface area (Å²) in [5.74, 6) is 0. The van der Waals surface area contributed by atoms with Gasteiger partial charge < -0.3 is 5.73 Å². The number of hydrogen-bond acceptors (Lipinski definition) is 1. The molecule has 1 unspecified atom stereocenters. The molecule has 0 spiro atoms. The molecule has 3 aromatic rings. The fourth-order valence-electron chi connectivity index (χ4n) is 6.65. The molecule has 33 heavy (non-hydrogen) atoms. The van der Waals surface area contributed by atoms with Crippen molar-refractivity contribution in [3.05, 3.63) is 106 Å². The third-order valence-electron chi connectivity index (χ3n) is 8.49. The average Bonchev–Trinajstić information content (AvgIpc) is 3.13. The van der Waals surface area contributed by atoms with Crippen molar-refractivity contribution in [2.24, 2.45) is 5.41 Å². The van der Waals surface area contributed by atoms with E-state index in [2.05, 4.69) is 101 Å². The van der Waals surface area contributed by atoms with Crippen LogP contribution in [0.2, 0.25) is 0 Å². The van der Waals surface area contributed by atoms with Crippen molar-refractivity contribution < 1.29 is 0 Å². The Morgan fingerprint density at radius 1 is 0.727 bits per heavy atom. The quantitative estimate of drug-likeness (QED) is 0.411. The maximum absolute atomic E-state index is 6.14. The number of hydrogen-bond donors (Lipinski definition) is 1. The molecule has 3 aliphatic rings. The summed E-state index contributed by atoms with van der Waals surface area (Å²) in [4.78, 5) is 0. The van der Waals surface area contributed by atoms with Gasteiger partial charge in [0.1, 0.15) is 0 Å². The first-order valence-electron chi connectivity index (χ1n) is 12.2. The molecule has 1 heteroatoms. The van der Waals surface area contributed by atoms with Crippen LogP contribution in [-0.2, 0) is 17.3 Å². The average molecular weight is 432 g/mol. The van der Waals surface area contributed by atoms with Gasteiger partial charge >= 0.3 is 0 Å². The van der Waals surface area contributed by atoms with Crippen LogP contribution in [0.1, 0.15) is 68.9 Å². The van der Waals surface area contributed by atoms with Gasteiger partial charge in [0, 0.05) is 16.5 Å². The summed E-state index contributed by atoms with van der Waals surface area (Å²) in [5, 5.41) is 0. The molecule has 2 N–H and O–H groups in total. The maximum Gasteiger partial charge on any atom is 0.0317 e. The molecular weight excluding hydrogens is 398 g/mol. The number of allylic oxidation sites excluding steroid dienone is 4. The van der Waals surface area contributed by atoms with Crippen molar-refractivity contribution >= 4 is 11.3 Å². The molecule has 3 aromatic carbocycles. The normalized spacial score (nSPS) is 23.2. The van der Waals surface area contributed by atoms with Crippen LogP contribution in [0.3, 0.4) is 0 Å². The lowest BCUT2D eigenvalue weighted by Gasteiger charge is -2.33. The number of nitrogens with two attached hydrogens (primary N) is 1. The molecule has 0 bridgehead atoms. The fraction of sp³-hybridized carbons (Fsp3) is 0.312. The molecule has 0 saturated carbocycles. The van der Waals surface area contributed by atoms with Crippen LogP contribution in [0, 0.1) is 5.41 Å². The summed E-state index contributed by atoms with van der Waals surface area (Å²) < 4.78 is 0. The molecule has 166 valence electrons. The maximum atomic E-state index is 6.14. The first kappa shape index (κ1) is 20.5. The molecule has 0 aliphatic heterocycles. The highest BCUT2D eigenvalue weighted by molar-refractivity contribution is 5.90. The lowest BCUT2D eigenvalue weighted by Crippen LogP contribution is -2.23. The highest BCUT2D eigenvalue weighted by atomic mass is 14.6. The molecule has 1 atom stereocenters. The van der Waals surface area contributed by atoms with E-state index in [4.69, 9.17) is 5.73 Å². The van der Waals surface area contributed by atoms with Crippen LogP contribution in [0.4, 0.5) is 5.69 Å². The Hall–Kier alpha value is -3.06. The van der Waals surface area contributed by atoms with Crippen LogP contribution in [-0.4, -0.2) is 0 Å². The van der Waals surface area contributed by atoms with Gasteiger partial charge in [-0.1, -0.05) is 95.3 Å². The number of nitrogen functional groups attached to an aromatic ring is 1. The summed E-state index contributed by atoms with van der Waals surface area (Å²) in [6.07, 6.45) is 7.22. The van der Waals surface area contributed by atoms with Crippen molar-refractivity contribution in [2.45, 2.75) is 58.3 Å². The Kier molecular flexibility index (Phi) is 4.05. The summed E-state index contributed by atoms with van der Waals surface area (Å²) in [6, 6.07) is 22.5. The van der Waals surface area contributed by atoms with Gasteiger partial charge in [0.25, 0.3) is 0 Å². The van der Waals surface area contributed by atoms with Gasteiger partial charge in [0.05, 0.1) is 0 Å². The van der Waals surface area contributed by atoms with Crippen molar-refractivity contribution in [3.8, 4) is 11.1 Å². The van der Waals surface area contributed by atoms with Crippen LogP contribution >= 0.6 is 0 Å². The minimum Gasteiger partial charge on any atom is -0.399 e. The van der Waals surface area contributed by atoms with Crippen molar-refractivity contribution in [3.63, 3.8) is 0 Å². The predicted octanol–water partition coefficient (Wildman–Crippen LogP) is 7.83. The summed E-state index contributed by atoms with van der Waals surface area (Å²) in [6.45, 7) is 11.8.